The molecule has 2 amide bonds. The van der Waals surface area contributed by atoms with Crippen molar-refractivity contribution in [3.63, 3.8) is 0 Å². The Bertz CT molecular complexity index is 1270. The lowest BCUT2D eigenvalue weighted by atomic mass is 9.93. The first-order valence-electron chi connectivity index (χ1n) is 12.3. The summed E-state index contributed by atoms with van der Waals surface area (Å²) in [7, 11) is 1.30. The average molecular weight is 501 g/mol. The Kier molecular flexibility index (Phi) is 8.23. The molecule has 0 saturated heterocycles. The molecule has 0 unspecified atom stereocenters. The van der Waals surface area contributed by atoms with Gasteiger partial charge in [-0.1, -0.05) is 72.8 Å². The fourth-order valence-corrected chi connectivity index (χ4v) is 4.52. The van der Waals surface area contributed by atoms with Crippen LogP contribution in [0.15, 0.2) is 72.8 Å². The van der Waals surface area contributed by atoms with Crippen molar-refractivity contribution in [3.05, 3.63) is 106 Å². The van der Waals surface area contributed by atoms with E-state index in [0.717, 1.165) is 33.4 Å². The van der Waals surface area contributed by atoms with Gasteiger partial charge in [0.2, 0.25) is 5.91 Å². The van der Waals surface area contributed by atoms with Crippen molar-refractivity contribution in [2.24, 2.45) is 0 Å². The number of hydrogen-bond acceptors (Lipinski definition) is 5. The SMILES string of the molecule is COC(=O)[C@H](Cc1ccc(C)c(C)c1)NC(=O)[C@@H]1Cc2ccccc2CN1C(=O)OCc1ccccc1. The number of nitrogens with one attached hydrogen (secondary N) is 1. The Morgan fingerprint density at radius 1 is 0.919 bits per heavy atom. The van der Waals surface area contributed by atoms with Crippen LogP contribution in [0.3, 0.4) is 0 Å². The van der Waals surface area contributed by atoms with Crippen LogP contribution in [0.2, 0.25) is 0 Å². The van der Waals surface area contributed by atoms with E-state index < -0.39 is 30.1 Å². The number of hydrogen-bond donors (Lipinski definition) is 1. The molecular formula is C30H32N2O5. The molecule has 0 aromatic heterocycles. The van der Waals surface area contributed by atoms with Crippen LogP contribution < -0.4 is 5.32 Å². The van der Waals surface area contributed by atoms with Crippen LogP contribution in [-0.4, -0.2) is 42.1 Å². The fraction of sp³-hybridized carbons (Fsp3) is 0.300. The second kappa shape index (κ2) is 11.7. The summed E-state index contributed by atoms with van der Waals surface area (Å²) in [5, 5.41) is 2.85. The number of nitrogens with zero attached hydrogens (tertiary/aromatic N) is 1. The van der Waals surface area contributed by atoms with Gasteiger partial charge in [0.25, 0.3) is 0 Å². The minimum atomic E-state index is -0.890. The Balaban J connectivity index is 1.53. The Morgan fingerprint density at radius 3 is 2.32 bits per heavy atom. The molecule has 4 rings (SSSR count). The van der Waals surface area contributed by atoms with Crippen LogP contribution >= 0.6 is 0 Å². The standard InChI is InChI=1S/C30H32N2O5/c1-20-13-14-23(15-21(20)2)16-26(29(34)36-3)31-28(33)27-17-24-11-7-8-12-25(24)18-32(27)30(35)37-19-22-9-5-4-6-10-22/h4-15,26-27H,16-19H2,1-3H3,(H,31,33)/t26-,27-/m0/s1. The lowest BCUT2D eigenvalue weighted by Gasteiger charge is -2.35. The predicted octanol–water partition coefficient (Wildman–Crippen LogP) is 4.27. The van der Waals surface area contributed by atoms with Crippen molar-refractivity contribution in [2.45, 2.75) is 51.9 Å². The van der Waals surface area contributed by atoms with Crippen molar-refractivity contribution in [1.82, 2.24) is 10.2 Å². The molecule has 0 fully saturated rings. The second-order valence-electron chi connectivity index (χ2n) is 9.36. The number of ether oxygens (including phenoxy) is 2. The largest absolute Gasteiger partial charge is 0.467 e. The van der Waals surface area contributed by atoms with Gasteiger partial charge in [0.05, 0.1) is 13.7 Å². The number of amides is 2. The highest BCUT2D eigenvalue weighted by atomic mass is 16.6. The maximum Gasteiger partial charge on any atom is 0.411 e. The molecule has 3 aromatic carbocycles. The molecule has 0 bridgehead atoms. The van der Waals surface area contributed by atoms with E-state index in [2.05, 4.69) is 5.32 Å². The van der Waals surface area contributed by atoms with E-state index in [0.29, 0.717) is 6.42 Å². The number of benzene rings is 3. The predicted molar refractivity (Wildman–Crippen MR) is 140 cm³/mol. The molecule has 7 nitrogen and oxygen atoms in total. The summed E-state index contributed by atoms with van der Waals surface area (Å²) in [5.74, 6) is -0.966. The van der Waals surface area contributed by atoms with E-state index in [4.69, 9.17) is 9.47 Å². The Labute approximate surface area is 217 Å². The normalized spacial score (nSPS) is 15.3. The molecule has 3 aromatic rings. The van der Waals surface area contributed by atoms with E-state index >= 15 is 0 Å². The molecule has 37 heavy (non-hydrogen) atoms. The number of aryl methyl sites for hydroxylation is 2. The number of fused-ring (bicyclic) bond motifs is 1. The Hall–Kier alpha value is -4.13. The molecule has 2 atom stereocenters. The fourth-order valence-electron chi connectivity index (χ4n) is 4.52. The molecule has 7 heteroatoms. The smallest absolute Gasteiger partial charge is 0.411 e. The van der Waals surface area contributed by atoms with Crippen molar-refractivity contribution in [2.75, 3.05) is 7.11 Å². The van der Waals surface area contributed by atoms with E-state index in [1.165, 1.54) is 12.0 Å². The summed E-state index contributed by atoms with van der Waals surface area (Å²) in [6, 6.07) is 21.3. The molecule has 0 radical (unpaired) electrons. The highest BCUT2D eigenvalue weighted by Crippen LogP contribution is 2.25. The third-order valence-corrected chi connectivity index (χ3v) is 6.80. The van der Waals surface area contributed by atoms with Crippen molar-refractivity contribution >= 4 is 18.0 Å². The van der Waals surface area contributed by atoms with Gasteiger partial charge in [-0.15, -0.1) is 0 Å². The lowest BCUT2D eigenvalue weighted by molar-refractivity contribution is -0.145. The molecule has 192 valence electrons. The van der Waals surface area contributed by atoms with Crippen LogP contribution in [0.5, 0.6) is 0 Å². The van der Waals surface area contributed by atoms with Gasteiger partial charge in [-0.3, -0.25) is 9.69 Å². The van der Waals surface area contributed by atoms with E-state index in [9.17, 15) is 14.4 Å². The molecule has 1 aliphatic rings. The molecule has 0 saturated carbocycles. The zero-order valence-electron chi connectivity index (χ0n) is 21.4. The van der Waals surface area contributed by atoms with Crippen LogP contribution in [-0.2, 0) is 45.1 Å². The first-order valence-corrected chi connectivity index (χ1v) is 12.3. The monoisotopic (exact) mass is 500 g/mol. The quantitative estimate of drug-likeness (QED) is 0.490. The number of methoxy groups -OCH3 is 1. The van der Waals surface area contributed by atoms with Gasteiger partial charge in [0.15, 0.2) is 0 Å². The van der Waals surface area contributed by atoms with Crippen LogP contribution in [0.1, 0.15) is 33.4 Å². The minimum Gasteiger partial charge on any atom is -0.467 e. The highest BCUT2D eigenvalue weighted by molar-refractivity contribution is 5.90. The molecule has 1 heterocycles. The van der Waals surface area contributed by atoms with Gasteiger partial charge in [-0.25, -0.2) is 9.59 Å². The van der Waals surface area contributed by atoms with Crippen LogP contribution in [0.25, 0.3) is 0 Å². The van der Waals surface area contributed by atoms with Crippen LogP contribution in [0.4, 0.5) is 4.79 Å². The summed E-state index contributed by atoms with van der Waals surface area (Å²) >= 11 is 0. The number of esters is 1. The molecule has 0 spiro atoms. The van der Waals surface area contributed by atoms with Gasteiger partial charge < -0.3 is 14.8 Å². The number of carbonyl (C=O) groups is 3. The van der Waals surface area contributed by atoms with Gasteiger partial charge in [-0.05, 0) is 47.2 Å². The zero-order valence-corrected chi connectivity index (χ0v) is 21.4. The molecule has 1 N–H and O–H groups in total. The maximum atomic E-state index is 13.6. The topological polar surface area (TPSA) is 84.9 Å². The second-order valence-corrected chi connectivity index (χ2v) is 9.36. The Morgan fingerprint density at radius 2 is 1.62 bits per heavy atom. The lowest BCUT2D eigenvalue weighted by Crippen LogP contribution is -2.56. The van der Waals surface area contributed by atoms with Gasteiger partial charge >= 0.3 is 12.1 Å². The zero-order chi connectivity index (χ0) is 26.4. The number of carbonyl (C=O) groups excluding carboxylic acids is 3. The summed E-state index contributed by atoms with van der Waals surface area (Å²) in [6.07, 6.45) is 0.0173. The number of rotatable bonds is 7. The molecular weight excluding hydrogens is 468 g/mol. The van der Waals surface area contributed by atoms with Gasteiger partial charge in [-0.2, -0.15) is 0 Å². The summed E-state index contributed by atoms with van der Waals surface area (Å²) in [4.78, 5) is 40.8. The van der Waals surface area contributed by atoms with Crippen molar-refractivity contribution in [1.29, 1.82) is 0 Å². The van der Waals surface area contributed by atoms with Crippen molar-refractivity contribution < 1.29 is 23.9 Å². The summed E-state index contributed by atoms with van der Waals surface area (Å²) in [5.41, 5.74) is 5.96. The first-order chi connectivity index (χ1) is 17.9. The van der Waals surface area contributed by atoms with E-state index in [1.807, 2.05) is 86.6 Å². The molecule has 1 aliphatic heterocycles. The average Bonchev–Trinajstić information content (AvgIpc) is 2.92. The minimum absolute atomic E-state index is 0.101. The van der Waals surface area contributed by atoms with Crippen LogP contribution in [0, 0.1) is 13.8 Å². The van der Waals surface area contributed by atoms with Crippen molar-refractivity contribution in [3.8, 4) is 0 Å². The summed E-state index contributed by atoms with van der Waals surface area (Å²) < 4.78 is 10.6. The summed E-state index contributed by atoms with van der Waals surface area (Å²) in [6.45, 7) is 4.36. The maximum absolute atomic E-state index is 13.6. The van der Waals surface area contributed by atoms with E-state index in [-0.39, 0.29) is 19.6 Å². The first kappa shape index (κ1) is 25.9. The highest BCUT2D eigenvalue weighted by Gasteiger charge is 2.37. The third kappa shape index (κ3) is 6.36. The van der Waals surface area contributed by atoms with E-state index in [1.54, 1.807) is 0 Å². The third-order valence-electron chi connectivity index (χ3n) is 6.80. The van der Waals surface area contributed by atoms with Gasteiger partial charge in [0, 0.05) is 12.8 Å². The molecule has 0 aliphatic carbocycles. The van der Waals surface area contributed by atoms with Gasteiger partial charge in [0.1, 0.15) is 18.7 Å².